The summed E-state index contributed by atoms with van der Waals surface area (Å²) in [5, 5.41) is 11.2. The van der Waals surface area contributed by atoms with Gasteiger partial charge in [0.2, 0.25) is 11.8 Å². The number of nitrogens with zero attached hydrogens (tertiary/aromatic N) is 2. The monoisotopic (exact) mass is 399 g/mol. The third-order valence-electron chi connectivity index (χ3n) is 4.58. The SMILES string of the molecule is COCc1cccc(NC(=O)c2ccc(-c3nnc(-c4cccc(C)c4)o3)cc2)c1. The van der Waals surface area contributed by atoms with Gasteiger partial charge in [0.25, 0.3) is 5.91 Å². The lowest BCUT2D eigenvalue weighted by atomic mass is 10.1. The number of hydrogen-bond acceptors (Lipinski definition) is 5. The van der Waals surface area contributed by atoms with Crippen LogP contribution in [0.2, 0.25) is 0 Å². The fraction of sp³-hybridized carbons (Fsp3) is 0.125. The molecular weight excluding hydrogens is 378 g/mol. The molecule has 3 aromatic carbocycles. The minimum atomic E-state index is -0.193. The van der Waals surface area contributed by atoms with E-state index in [1.165, 1.54) is 0 Å². The summed E-state index contributed by atoms with van der Waals surface area (Å²) in [5.74, 6) is 0.680. The molecule has 0 radical (unpaired) electrons. The molecule has 30 heavy (non-hydrogen) atoms. The molecule has 4 rings (SSSR count). The smallest absolute Gasteiger partial charge is 0.255 e. The van der Waals surface area contributed by atoms with Gasteiger partial charge in [-0.25, -0.2) is 0 Å². The number of carbonyl (C=O) groups excluding carboxylic acids is 1. The Labute approximate surface area is 174 Å². The summed E-state index contributed by atoms with van der Waals surface area (Å²) in [5.41, 5.74) is 5.00. The molecule has 0 spiro atoms. The zero-order valence-corrected chi connectivity index (χ0v) is 16.8. The Balaban J connectivity index is 1.48. The Morgan fingerprint density at radius 2 is 1.67 bits per heavy atom. The normalized spacial score (nSPS) is 10.7. The molecule has 0 aliphatic heterocycles. The van der Waals surface area contributed by atoms with Crippen molar-refractivity contribution >= 4 is 11.6 Å². The molecule has 0 bridgehead atoms. The van der Waals surface area contributed by atoms with Crippen LogP contribution < -0.4 is 5.32 Å². The Bertz CT molecular complexity index is 1170. The maximum Gasteiger partial charge on any atom is 0.255 e. The second kappa shape index (κ2) is 8.71. The van der Waals surface area contributed by atoms with E-state index in [0.29, 0.717) is 24.0 Å². The number of ether oxygens (including phenoxy) is 1. The van der Waals surface area contributed by atoms with Crippen LogP contribution in [0, 0.1) is 6.92 Å². The molecular formula is C24H21N3O3. The maximum absolute atomic E-state index is 12.6. The van der Waals surface area contributed by atoms with Gasteiger partial charge in [-0.3, -0.25) is 4.79 Å². The predicted molar refractivity (Wildman–Crippen MR) is 115 cm³/mol. The van der Waals surface area contributed by atoms with Gasteiger partial charge in [0.15, 0.2) is 0 Å². The van der Waals surface area contributed by atoms with Gasteiger partial charge >= 0.3 is 0 Å². The number of hydrogen-bond donors (Lipinski definition) is 1. The minimum Gasteiger partial charge on any atom is -0.416 e. The molecule has 6 nitrogen and oxygen atoms in total. The molecule has 1 heterocycles. The second-order valence-electron chi connectivity index (χ2n) is 6.95. The highest BCUT2D eigenvalue weighted by Crippen LogP contribution is 2.25. The van der Waals surface area contributed by atoms with Gasteiger partial charge in [-0.1, -0.05) is 29.8 Å². The number of aromatic nitrogens is 2. The molecule has 0 atom stereocenters. The van der Waals surface area contributed by atoms with Crippen LogP contribution in [0.15, 0.2) is 77.2 Å². The molecule has 0 aliphatic carbocycles. The molecule has 150 valence electrons. The summed E-state index contributed by atoms with van der Waals surface area (Å²) in [7, 11) is 1.64. The van der Waals surface area contributed by atoms with E-state index in [2.05, 4.69) is 15.5 Å². The number of rotatable bonds is 6. The second-order valence-corrected chi connectivity index (χ2v) is 6.95. The van der Waals surface area contributed by atoms with Gasteiger partial charge in [-0.15, -0.1) is 10.2 Å². The zero-order valence-electron chi connectivity index (χ0n) is 16.8. The lowest BCUT2D eigenvalue weighted by molar-refractivity contribution is 0.102. The highest BCUT2D eigenvalue weighted by molar-refractivity contribution is 6.04. The molecule has 1 N–H and O–H groups in total. The van der Waals surface area contributed by atoms with Crippen molar-refractivity contribution in [3.8, 4) is 22.9 Å². The first-order valence-corrected chi connectivity index (χ1v) is 9.52. The first-order chi connectivity index (χ1) is 14.6. The van der Waals surface area contributed by atoms with Crippen molar-refractivity contribution < 1.29 is 13.9 Å². The van der Waals surface area contributed by atoms with Gasteiger partial charge in [-0.2, -0.15) is 0 Å². The van der Waals surface area contributed by atoms with E-state index in [4.69, 9.17) is 9.15 Å². The van der Waals surface area contributed by atoms with Crippen molar-refractivity contribution in [2.75, 3.05) is 12.4 Å². The third-order valence-corrected chi connectivity index (χ3v) is 4.58. The molecule has 6 heteroatoms. The van der Waals surface area contributed by atoms with E-state index in [9.17, 15) is 4.79 Å². The average Bonchev–Trinajstić information content (AvgIpc) is 3.25. The molecule has 4 aromatic rings. The van der Waals surface area contributed by atoms with Crippen molar-refractivity contribution in [2.45, 2.75) is 13.5 Å². The van der Waals surface area contributed by atoms with Crippen LogP contribution >= 0.6 is 0 Å². The number of methoxy groups -OCH3 is 1. The van der Waals surface area contributed by atoms with Gasteiger partial charge in [0.05, 0.1) is 6.61 Å². The van der Waals surface area contributed by atoms with Crippen LogP contribution in [0.1, 0.15) is 21.5 Å². The summed E-state index contributed by atoms with van der Waals surface area (Å²) >= 11 is 0. The molecule has 0 saturated carbocycles. The third kappa shape index (κ3) is 4.45. The van der Waals surface area contributed by atoms with E-state index in [1.54, 1.807) is 31.4 Å². The van der Waals surface area contributed by atoms with Crippen molar-refractivity contribution in [1.29, 1.82) is 0 Å². The minimum absolute atomic E-state index is 0.193. The van der Waals surface area contributed by atoms with Crippen LogP contribution in [0.4, 0.5) is 5.69 Å². The number of benzene rings is 3. The molecule has 1 amide bonds. The van der Waals surface area contributed by atoms with Crippen LogP contribution in [-0.2, 0) is 11.3 Å². The van der Waals surface area contributed by atoms with E-state index < -0.39 is 0 Å². The molecule has 0 saturated heterocycles. The average molecular weight is 399 g/mol. The lowest BCUT2D eigenvalue weighted by Gasteiger charge is -2.07. The topological polar surface area (TPSA) is 77.2 Å². The van der Waals surface area contributed by atoms with Gasteiger partial charge < -0.3 is 14.5 Å². The predicted octanol–water partition coefficient (Wildman–Crippen LogP) is 5.11. The van der Waals surface area contributed by atoms with Crippen LogP contribution in [-0.4, -0.2) is 23.2 Å². The first-order valence-electron chi connectivity index (χ1n) is 9.52. The number of nitrogens with one attached hydrogen (secondary N) is 1. The summed E-state index contributed by atoms with van der Waals surface area (Å²) in [6.45, 7) is 2.51. The quantitative estimate of drug-likeness (QED) is 0.487. The van der Waals surface area contributed by atoms with E-state index in [0.717, 1.165) is 27.9 Å². The van der Waals surface area contributed by atoms with Crippen molar-refractivity contribution in [2.24, 2.45) is 0 Å². The number of amides is 1. The summed E-state index contributed by atoms with van der Waals surface area (Å²) in [6, 6.07) is 22.5. The largest absolute Gasteiger partial charge is 0.416 e. The fourth-order valence-electron chi connectivity index (χ4n) is 3.11. The van der Waals surface area contributed by atoms with E-state index in [-0.39, 0.29) is 5.91 Å². The van der Waals surface area contributed by atoms with E-state index in [1.807, 2.05) is 55.5 Å². The molecule has 0 aliphatic rings. The summed E-state index contributed by atoms with van der Waals surface area (Å²) < 4.78 is 10.9. The lowest BCUT2D eigenvalue weighted by Crippen LogP contribution is -2.11. The fourth-order valence-corrected chi connectivity index (χ4v) is 3.11. The van der Waals surface area contributed by atoms with Crippen LogP contribution in [0.25, 0.3) is 22.9 Å². The highest BCUT2D eigenvalue weighted by Gasteiger charge is 2.12. The Hall–Kier alpha value is -3.77. The van der Waals surface area contributed by atoms with Crippen LogP contribution in [0.3, 0.4) is 0 Å². The van der Waals surface area contributed by atoms with Crippen LogP contribution in [0.5, 0.6) is 0 Å². The highest BCUT2D eigenvalue weighted by atomic mass is 16.5. The summed E-state index contributed by atoms with van der Waals surface area (Å²) in [6.07, 6.45) is 0. The Morgan fingerprint density at radius 1 is 0.933 bits per heavy atom. The van der Waals surface area contributed by atoms with Crippen molar-refractivity contribution in [3.63, 3.8) is 0 Å². The summed E-state index contributed by atoms with van der Waals surface area (Å²) in [4.78, 5) is 12.6. The van der Waals surface area contributed by atoms with Gasteiger partial charge in [0.1, 0.15) is 0 Å². The molecule has 1 aromatic heterocycles. The Morgan fingerprint density at radius 3 is 2.40 bits per heavy atom. The van der Waals surface area contributed by atoms with Gasteiger partial charge in [0, 0.05) is 29.5 Å². The Kier molecular flexibility index (Phi) is 5.68. The van der Waals surface area contributed by atoms with E-state index >= 15 is 0 Å². The number of aryl methyl sites for hydroxylation is 1. The standard InChI is InChI=1S/C24H21N3O3/c1-16-5-3-7-20(13-16)24-27-26-23(30-24)19-11-9-18(10-12-19)22(28)25-21-8-4-6-17(14-21)15-29-2/h3-14H,15H2,1-2H3,(H,25,28). The number of anilines is 1. The first kappa shape index (κ1) is 19.5. The number of carbonyl (C=O) groups is 1. The zero-order chi connectivity index (χ0) is 20.9. The van der Waals surface area contributed by atoms with Gasteiger partial charge in [-0.05, 0) is 61.0 Å². The maximum atomic E-state index is 12.6. The molecule has 0 unspecified atom stereocenters. The van der Waals surface area contributed by atoms with Crippen molar-refractivity contribution in [1.82, 2.24) is 10.2 Å². The van der Waals surface area contributed by atoms with Crippen molar-refractivity contribution in [3.05, 3.63) is 89.5 Å². The molecule has 0 fully saturated rings.